The minimum Gasteiger partial charge on any atom is -0.480 e. The van der Waals surface area contributed by atoms with E-state index in [1.807, 2.05) is 0 Å². The summed E-state index contributed by atoms with van der Waals surface area (Å²) in [7, 11) is 0. The summed E-state index contributed by atoms with van der Waals surface area (Å²) in [5, 5.41) is 16.5. The van der Waals surface area contributed by atoms with E-state index in [9.17, 15) is 14.0 Å². The Morgan fingerprint density at radius 2 is 1.67 bits per heavy atom. The molecule has 0 aromatic heterocycles. The minimum absolute atomic E-state index is 0.607. The largest absolute Gasteiger partial charge is 0.480 e. The Labute approximate surface area is 68.4 Å². The maximum atomic E-state index is 12.5. The highest BCUT2D eigenvalue weighted by atomic mass is 19.1. The van der Waals surface area contributed by atoms with E-state index in [0.29, 0.717) is 4.90 Å². The second-order valence-electron chi connectivity index (χ2n) is 2.27. The first-order valence-corrected chi connectivity index (χ1v) is 3.25. The molecule has 0 bridgehead atoms. The average Bonchev–Trinajstić information content (AvgIpc) is 1.83. The van der Waals surface area contributed by atoms with Gasteiger partial charge in [-0.25, -0.2) is 4.39 Å². The molecule has 5 nitrogen and oxygen atoms in total. The van der Waals surface area contributed by atoms with Crippen molar-refractivity contribution in [2.45, 2.75) is 13.2 Å². The molecule has 0 aliphatic rings. The molecule has 0 amide bonds. The zero-order chi connectivity index (χ0) is 9.72. The van der Waals surface area contributed by atoms with Gasteiger partial charge in [-0.2, -0.15) is 0 Å². The van der Waals surface area contributed by atoms with Gasteiger partial charge in [0, 0.05) is 0 Å². The number of halogens is 1. The van der Waals surface area contributed by atoms with E-state index in [-0.39, 0.29) is 0 Å². The fourth-order valence-electron chi connectivity index (χ4n) is 0.655. The van der Waals surface area contributed by atoms with E-state index in [0.717, 1.165) is 6.92 Å². The Morgan fingerprint density at radius 3 is 1.83 bits per heavy atom. The predicted molar refractivity (Wildman–Crippen MR) is 37.4 cm³/mol. The molecule has 6 heteroatoms. The zero-order valence-electron chi connectivity index (χ0n) is 6.53. The standard InChI is InChI=1S/C6H10FNO4/c1-4(7)8(2-5(9)10)3-6(11)12/h4H,2-3H2,1H3,(H,9,10)(H,11,12). The zero-order valence-corrected chi connectivity index (χ0v) is 6.53. The van der Waals surface area contributed by atoms with Crippen molar-refractivity contribution in [2.24, 2.45) is 0 Å². The number of alkyl halides is 1. The number of carboxylic acid groups (broad SMARTS) is 2. The Hall–Kier alpha value is -1.17. The maximum Gasteiger partial charge on any atom is 0.317 e. The van der Waals surface area contributed by atoms with Crippen molar-refractivity contribution >= 4 is 11.9 Å². The molecular weight excluding hydrogens is 169 g/mol. The van der Waals surface area contributed by atoms with Crippen LogP contribution in [0.15, 0.2) is 0 Å². The molecule has 12 heavy (non-hydrogen) atoms. The number of carboxylic acids is 2. The molecule has 70 valence electrons. The van der Waals surface area contributed by atoms with Crippen LogP contribution >= 0.6 is 0 Å². The smallest absolute Gasteiger partial charge is 0.317 e. The third kappa shape index (κ3) is 4.62. The quantitative estimate of drug-likeness (QED) is 0.570. The summed E-state index contributed by atoms with van der Waals surface area (Å²) in [5.74, 6) is -2.50. The summed E-state index contributed by atoms with van der Waals surface area (Å²) < 4.78 is 12.5. The lowest BCUT2D eigenvalue weighted by atomic mass is 10.4. The van der Waals surface area contributed by atoms with Gasteiger partial charge < -0.3 is 10.2 Å². The van der Waals surface area contributed by atoms with Crippen LogP contribution in [0.2, 0.25) is 0 Å². The van der Waals surface area contributed by atoms with Crippen LogP contribution in [0.1, 0.15) is 6.92 Å². The molecule has 0 radical (unpaired) electrons. The van der Waals surface area contributed by atoms with E-state index < -0.39 is 31.3 Å². The van der Waals surface area contributed by atoms with E-state index >= 15 is 0 Å². The van der Waals surface area contributed by atoms with Gasteiger partial charge in [0.25, 0.3) is 0 Å². The second-order valence-corrected chi connectivity index (χ2v) is 2.27. The normalized spacial score (nSPS) is 12.9. The molecule has 0 heterocycles. The summed E-state index contributed by atoms with van der Waals surface area (Å²) in [6.45, 7) is -0.125. The summed E-state index contributed by atoms with van der Waals surface area (Å²) in [6.07, 6.45) is -1.57. The van der Waals surface area contributed by atoms with E-state index in [1.54, 1.807) is 0 Å². The average molecular weight is 179 g/mol. The minimum atomic E-state index is -1.57. The van der Waals surface area contributed by atoms with Crippen LogP contribution in [0.25, 0.3) is 0 Å². The van der Waals surface area contributed by atoms with Crippen molar-refractivity contribution in [3.8, 4) is 0 Å². The maximum absolute atomic E-state index is 12.5. The number of nitrogens with zero attached hydrogens (tertiary/aromatic N) is 1. The number of rotatable bonds is 5. The van der Waals surface area contributed by atoms with Crippen LogP contribution in [-0.4, -0.2) is 46.4 Å². The van der Waals surface area contributed by atoms with Gasteiger partial charge in [0.05, 0.1) is 13.1 Å². The molecule has 0 aromatic rings. The van der Waals surface area contributed by atoms with Crippen molar-refractivity contribution in [3.63, 3.8) is 0 Å². The molecule has 0 aliphatic heterocycles. The molecule has 0 saturated carbocycles. The molecule has 0 rings (SSSR count). The van der Waals surface area contributed by atoms with E-state index in [2.05, 4.69) is 0 Å². The third-order valence-corrected chi connectivity index (χ3v) is 1.18. The predicted octanol–water partition coefficient (Wildman–Crippen LogP) is -0.227. The number of hydrogen-bond acceptors (Lipinski definition) is 3. The number of hydrogen-bond donors (Lipinski definition) is 2. The molecule has 2 N–H and O–H groups in total. The summed E-state index contributed by atoms with van der Waals surface area (Å²) in [5.41, 5.74) is 0. The van der Waals surface area contributed by atoms with Gasteiger partial charge in [-0.3, -0.25) is 14.5 Å². The third-order valence-electron chi connectivity index (χ3n) is 1.18. The Kier molecular flexibility index (Phi) is 4.20. The molecule has 0 aliphatic carbocycles. The van der Waals surface area contributed by atoms with Gasteiger partial charge in [-0.1, -0.05) is 0 Å². The van der Waals surface area contributed by atoms with Gasteiger partial charge in [0.2, 0.25) is 0 Å². The first-order chi connectivity index (χ1) is 5.43. The van der Waals surface area contributed by atoms with Crippen molar-refractivity contribution < 1.29 is 24.2 Å². The monoisotopic (exact) mass is 179 g/mol. The van der Waals surface area contributed by atoms with Gasteiger partial charge in [0.15, 0.2) is 6.30 Å². The van der Waals surface area contributed by atoms with Gasteiger partial charge in [0.1, 0.15) is 0 Å². The first kappa shape index (κ1) is 10.8. The summed E-state index contributed by atoms with van der Waals surface area (Å²) in [6, 6.07) is 0. The van der Waals surface area contributed by atoms with Crippen molar-refractivity contribution in [1.29, 1.82) is 0 Å². The topological polar surface area (TPSA) is 77.8 Å². The highest BCUT2D eigenvalue weighted by molar-refractivity contribution is 5.72. The Bertz CT molecular complexity index is 166. The summed E-state index contributed by atoms with van der Waals surface area (Å²) >= 11 is 0. The van der Waals surface area contributed by atoms with Crippen LogP contribution in [0.3, 0.4) is 0 Å². The van der Waals surface area contributed by atoms with Crippen LogP contribution in [0, 0.1) is 0 Å². The Morgan fingerprint density at radius 1 is 1.33 bits per heavy atom. The van der Waals surface area contributed by atoms with E-state index in [1.165, 1.54) is 0 Å². The molecule has 0 fully saturated rings. The van der Waals surface area contributed by atoms with Gasteiger partial charge in [-0.05, 0) is 6.92 Å². The lowest BCUT2D eigenvalue weighted by Crippen LogP contribution is -2.38. The second kappa shape index (κ2) is 4.66. The lowest BCUT2D eigenvalue weighted by Gasteiger charge is -2.18. The highest BCUT2D eigenvalue weighted by Crippen LogP contribution is 1.98. The highest BCUT2D eigenvalue weighted by Gasteiger charge is 2.18. The number of carbonyl (C=O) groups is 2. The van der Waals surface area contributed by atoms with Crippen LogP contribution in [0.5, 0.6) is 0 Å². The SMILES string of the molecule is CC(F)N(CC(=O)O)CC(=O)O. The molecule has 0 saturated heterocycles. The van der Waals surface area contributed by atoms with Crippen LogP contribution in [0.4, 0.5) is 4.39 Å². The van der Waals surface area contributed by atoms with Crippen molar-refractivity contribution in [2.75, 3.05) is 13.1 Å². The fourth-order valence-corrected chi connectivity index (χ4v) is 0.655. The van der Waals surface area contributed by atoms with Crippen LogP contribution in [-0.2, 0) is 9.59 Å². The van der Waals surface area contributed by atoms with E-state index in [4.69, 9.17) is 10.2 Å². The molecular formula is C6H10FNO4. The lowest BCUT2D eigenvalue weighted by molar-refractivity contribution is -0.144. The first-order valence-electron chi connectivity index (χ1n) is 3.25. The van der Waals surface area contributed by atoms with Gasteiger partial charge in [-0.15, -0.1) is 0 Å². The van der Waals surface area contributed by atoms with Gasteiger partial charge >= 0.3 is 11.9 Å². The molecule has 1 atom stereocenters. The molecule has 0 aromatic carbocycles. The Balaban J connectivity index is 4.04. The molecule has 1 unspecified atom stereocenters. The van der Waals surface area contributed by atoms with Crippen molar-refractivity contribution in [3.05, 3.63) is 0 Å². The fraction of sp³-hybridized carbons (Fsp3) is 0.667. The summed E-state index contributed by atoms with van der Waals surface area (Å²) in [4.78, 5) is 20.9. The number of aliphatic carboxylic acids is 2. The van der Waals surface area contributed by atoms with Crippen molar-refractivity contribution in [1.82, 2.24) is 4.90 Å². The van der Waals surface area contributed by atoms with Crippen LogP contribution < -0.4 is 0 Å². The molecule has 0 spiro atoms.